The summed E-state index contributed by atoms with van der Waals surface area (Å²) < 4.78 is 13.3. The van der Waals surface area contributed by atoms with Gasteiger partial charge < -0.3 is 10.2 Å². The summed E-state index contributed by atoms with van der Waals surface area (Å²) in [7, 11) is 0. The quantitative estimate of drug-likeness (QED) is 0.907. The first-order valence-corrected chi connectivity index (χ1v) is 9.44. The van der Waals surface area contributed by atoms with Crippen LogP contribution in [0.4, 0.5) is 4.39 Å². The highest BCUT2D eigenvalue weighted by Gasteiger charge is 2.37. The molecule has 1 aliphatic heterocycles. The Hall–Kier alpha value is -1.91. The van der Waals surface area contributed by atoms with Crippen LogP contribution in [0.15, 0.2) is 24.3 Å². The molecule has 1 saturated carbocycles. The third kappa shape index (κ3) is 4.39. The third-order valence-electron chi connectivity index (χ3n) is 5.49. The van der Waals surface area contributed by atoms with Crippen LogP contribution in [-0.2, 0) is 15.1 Å². The molecule has 0 unspecified atom stereocenters. The van der Waals surface area contributed by atoms with E-state index in [0.717, 1.165) is 56.9 Å². The van der Waals surface area contributed by atoms with Gasteiger partial charge >= 0.3 is 0 Å². The molecule has 0 radical (unpaired) electrons. The lowest BCUT2D eigenvalue weighted by molar-refractivity contribution is -0.137. The largest absolute Gasteiger partial charge is 0.345 e. The minimum atomic E-state index is -0.420. The molecule has 0 atom stereocenters. The monoisotopic (exact) mass is 346 g/mol. The fraction of sp³-hybridized carbons (Fsp3) is 0.600. The number of benzene rings is 1. The summed E-state index contributed by atoms with van der Waals surface area (Å²) in [5, 5.41) is 3.18. The van der Waals surface area contributed by atoms with Gasteiger partial charge in [0.25, 0.3) is 0 Å². The topological polar surface area (TPSA) is 49.4 Å². The average molecular weight is 346 g/mol. The summed E-state index contributed by atoms with van der Waals surface area (Å²) in [4.78, 5) is 26.6. The Morgan fingerprint density at radius 3 is 2.44 bits per heavy atom. The maximum atomic E-state index is 13.3. The zero-order chi connectivity index (χ0) is 17.7. The Labute approximate surface area is 148 Å². The lowest BCUT2D eigenvalue weighted by Crippen LogP contribution is -2.49. The molecule has 0 bridgehead atoms. The first-order chi connectivity index (χ1) is 12.1. The molecule has 5 heteroatoms. The highest BCUT2D eigenvalue weighted by Crippen LogP contribution is 2.38. The molecule has 136 valence electrons. The first-order valence-electron chi connectivity index (χ1n) is 9.44. The number of nitrogens with zero attached hydrogens (tertiary/aromatic N) is 1. The number of rotatable bonds is 4. The SMILES string of the molecule is O=C(CN1CCCCCCC1=O)NC1(c2ccc(F)cc2)CCCC1. The lowest BCUT2D eigenvalue weighted by atomic mass is 9.88. The number of nitrogens with one attached hydrogen (secondary N) is 1. The Balaban J connectivity index is 1.68. The molecule has 0 spiro atoms. The van der Waals surface area contributed by atoms with E-state index in [2.05, 4.69) is 5.32 Å². The first kappa shape index (κ1) is 17.9. The van der Waals surface area contributed by atoms with Crippen LogP contribution in [0.25, 0.3) is 0 Å². The van der Waals surface area contributed by atoms with Gasteiger partial charge in [-0.1, -0.05) is 37.8 Å². The number of likely N-dealkylation sites (tertiary alicyclic amines) is 1. The number of halogens is 1. The van der Waals surface area contributed by atoms with E-state index in [0.29, 0.717) is 13.0 Å². The van der Waals surface area contributed by atoms with Gasteiger partial charge in [0.2, 0.25) is 11.8 Å². The normalized spacial score (nSPS) is 20.8. The van der Waals surface area contributed by atoms with Crippen molar-refractivity contribution < 1.29 is 14.0 Å². The van der Waals surface area contributed by atoms with E-state index in [1.807, 2.05) is 0 Å². The number of amides is 2. The summed E-state index contributed by atoms with van der Waals surface area (Å²) in [5.41, 5.74) is 0.537. The van der Waals surface area contributed by atoms with Gasteiger partial charge in [0, 0.05) is 13.0 Å². The number of carbonyl (C=O) groups excluding carboxylic acids is 2. The molecule has 1 N–H and O–H groups in total. The van der Waals surface area contributed by atoms with Crippen molar-refractivity contribution in [3.05, 3.63) is 35.6 Å². The molecule has 1 saturated heterocycles. The summed E-state index contributed by atoms with van der Waals surface area (Å²) in [6, 6.07) is 6.43. The van der Waals surface area contributed by atoms with Gasteiger partial charge in [-0.2, -0.15) is 0 Å². The van der Waals surface area contributed by atoms with Crippen molar-refractivity contribution in [3.8, 4) is 0 Å². The Morgan fingerprint density at radius 1 is 1.04 bits per heavy atom. The van der Waals surface area contributed by atoms with Gasteiger partial charge in [0.1, 0.15) is 5.82 Å². The van der Waals surface area contributed by atoms with Crippen molar-refractivity contribution in [1.29, 1.82) is 0 Å². The molecule has 4 nitrogen and oxygen atoms in total. The van der Waals surface area contributed by atoms with E-state index in [9.17, 15) is 14.0 Å². The minimum Gasteiger partial charge on any atom is -0.345 e. The average Bonchev–Trinajstić information content (AvgIpc) is 3.05. The van der Waals surface area contributed by atoms with Crippen LogP contribution in [0.5, 0.6) is 0 Å². The fourth-order valence-electron chi connectivity index (χ4n) is 4.10. The van der Waals surface area contributed by atoms with Gasteiger partial charge in [0.15, 0.2) is 0 Å². The van der Waals surface area contributed by atoms with Crippen LogP contribution < -0.4 is 5.32 Å². The van der Waals surface area contributed by atoms with Gasteiger partial charge in [-0.25, -0.2) is 4.39 Å². The molecule has 2 amide bonds. The second-order valence-electron chi connectivity index (χ2n) is 7.32. The van der Waals surface area contributed by atoms with Gasteiger partial charge in [-0.3, -0.25) is 9.59 Å². The molecule has 1 heterocycles. The van der Waals surface area contributed by atoms with Crippen LogP contribution in [0.1, 0.15) is 63.4 Å². The number of carbonyl (C=O) groups is 2. The van der Waals surface area contributed by atoms with Crippen molar-refractivity contribution in [2.75, 3.05) is 13.1 Å². The number of hydrogen-bond acceptors (Lipinski definition) is 2. The van der Waals surface area contributed by atoms with Crippen molar-refractivity contribution in [2.45, 2.75) is 63.3 Å². The second kappa shape index (κ2) is 7.98. The lowest BCUT2D eigenvalue weighted by Gasteiger charge is -2.33. The van der Waals surface area contributed by atoms with Crippen LogP contribution >= 0.6 is 0 Å². The number of hydrogen-bond donors (Lipinski definition) is 1. The third-order valence-corrected chi connectivity index (χ3v) is 5.49. The van der Waals surface area contributed by atoms with Gasteiger partial charge in [-0.15, -0.1) is 0 Å². The van der Waals surface area contributed by atoms with Crippen LogP contribution in [0.2, 0.25) is 0 Å². The van der Waals surface area contributed by atoms with Crippen molar-refractivity contribution in [3.63, 3.8) is 0 Å². The van der Waals surface area contributed by atoms with E-state index in [4.69, 9.17) is 0 Å². The van der Waals surface area contributed by atoms with Crippen molar-refractivity contribution in [1.82, 2.24) is 10.2 Å². The van der Waals surface area contributed by atoms with E-state index >= 15 is 0 Å². The molecule has 1 aliphatic carbocycles. The molecule has 1 aromatic rings. The Bertz CT molecular complexity index is 609. The van der Waals surface area contributed by atoms with Crippen LogP contribution in [-0.4, -0.2) is 29.8 Å². The predicted octanol–water partition coefficient (Wildman–Crippen LogP) is 3.50. The maximum Gasteiger partial charge on any atom is 0.240 e. The Kier molecular flexibility index (Phi) is 5.71. The predicted molar refractivity (Wildman–Crippen MR) is 94.4 cm³/mol. The summed E-state index contributed by atoms with van der Waals surface area (Å²) in [6.45, 7) is 0.789. The highest BCUT2D eigenvalue weighted by atomic mass is 19.1. The van der Waals surface area contributed by atoms with E-state index < -0.39 is 5.54 Å². The van der Waals surface area contributed by atoms with Crippen molar-refractivity contribution in [2.24, 2.45) is 0 Å². The minimum absolute atomic E-state index is 0.0807. The molecule has 0 aromatic heterocycles. The smallest absolute Gasteiger partial charge is 0.240 e. The zero-order valence-corrected chi connectivity index (χ0v) is 14.7. The maximum absolute atomic E-state index is 13.3. The molecule has 3 rings (SSSR count). The standard InChI is InChI=1S/C20H27FN2O2/c21-17-10-8-16(9-11-17)20(12-4-5-13-20)22-18(24)15-23-14-6-2-1-3-7-19(23)25/h8-11H,1-7,12-15H2,(H,22,24). The summed E-state index contributed by atoms with van der Waals surface area (Å²) in [5.74, 6) is -0.299. The van der Waals surface area contributed by atoms with Gasteiger partial charge in [0.05, 0.1) is 12.1 Å². The second-order valence-corrected chi connectivity index (χ2v) is 7.32. The summed E-state index contributed by atoms with van der Waals surface area (Å²) >= 11 is 0. The van der Waals surface area contributed by atoms with E-state index in [1.165, 1.54) is 12.1 Å². The molecular formula is C20H27FN2O2. The molecular weight excluding hydrogens is 319 g/mol. The van der Waals surface area contributed by atoms with Crippen LogP contribution in [0, 0.1) is 5.82 Å². The summed E-state index contributed by atoms with van der Waals surface area (Å²) in [6.07, 6.45) is 8.43. The molecule has 2 fully saturated rings. The Morgan fingerprint density at radius 2 is 1.72 bits per heavy atom. The zero-order valence-electron chi connectivity index (χ0n) is 14.7. The highest BCUT2D eigenvalue weighted by molar-refractivity contribution is 5.85. The molecule has 1 aromatic carbocycles. The fourth-order valence-corrected chi connectivity index (χ4v) is 4.10. The van der Waals surface area contributed by atoms with Gasteiger partial charge in [-0.05, 0) is 43.4 Å². The van der Waals surface area contributed by atoms with Crippen molar-refractivity contribution >= 4 is 11.8 Å². The molecule has 2 aliphatic rings. The molecule has 25 heavy (non-hydrogen) atoms. The van der Waals surface area contributed by atoms with E-state index in [-0.39, 0.29) is 24.2 Å². The van der Waals surface area contributed by atoms with Crippen LogP contribution in [0.3, 0.4) is 0 Å². The van der Waals surface area contributed by atoms with E-state index in [1.54, 1.807) is 17.0 Å².